The normalized spacial score (nSPS) is 10.8. The first-order valence-corrected chi connectivity index (χ1v) is 5.09. The first-order chi connectivity index (χ1) is 6.20. The van der Waals surface area contributed by atoms with Crippen LogP contribution >= 0.6 is 22.6 Å². The Kier molecular flexibility index (Phi) is 4.15. The lowest BCUT2D eigenvalue weighted by Crippen LogP contribution is -2.06. The highest BCUT2D eigenvalue weighted by atomic mass is 127. The lowest BCUT2D eigenvalue weighted by atomic mass is 10.1. The van der Waals surface area contributed by atoms with E-state index in [-0.39, 0.29) is 6.29 Å². The summed E-state index contributed by atoms with van der Waals surface area (Å²) in [5.74, 6) is 0. The van der Waals surface area contributed by atoms with Gasteiger partial charge in [0.05, 0.1) is 0 Å². The van der Waals surface area contributed by atoms with Crippen molar-refractivity contribution in [2.45, 2.75) is 13.2 Å². The molecule has 0 aliphatic rings. The molecular formula is C10H13IO2. The topological polar surface area (TPSA) is 18.5 Å². The predicted molar refractivity (Wildman–Crippen MR) is 60.7 cm³/mol. The Morgan fingerprint density at radius 1 is 1.23 bits per heavy atom. The number of hydrogen-bond donors (Lipinski definition) is 0. The highest BCUT2D eigenvalue weighted by Gasteiger charge is 2.12. The van der Waals surface area contributed by atoms with E-state index in [1.165, 1.54) is 9.13 Å². The molecule has 0 aliphatic heterocycles. The zero-order valence-electron chi connectivity index (χ0n) is 8.00. The van der Waals surface area contributed by atoms with E-state index in [1.807, 2.05) is 12.1 Å². The maximum absolute atomic E-state index is 5.19. The van der Waals surface area contributed by atoms with E-state index in [1.54, 1.807) is 14.2 Å². The zero-order valence-corrected chi connectivity index (χ0v) is 10.2. The van der Waals surface area contributed by atoms with E-state index in [9.17, 15) is 0 Å². The van der Waals surface area contributed by atoms with Crippen LogP contribution in [0.1, 0.15) is 17.4 Å². The van der Waals surface area contributed by atoms with Crippen molar-refractivity contribution in [2.75, 3.05) is 14.2 Å². The number of hydrogen-bond acceptors (Lipinski definition) is 2. The van der Waals surface area contributed by atoms with Gasteiger partial charge in [-0.1, -0.05) is 18.2 Å². The van der Waals surface area contributed by atoms with Crippen LogP contribution in [0, 0.1) is 10.5 Å². The van der Waals surface area contributed by atoms with Crippen molar-refractivity contribution in [2.24, 2.45) is 0 Å². The Hall–Kier alpha value is -0.130. The summed E-state index contributed by atoms with van der Waals surface area (Å²) in [5.41, 5.74) is 2.34. The van der Waals surface area contributed by atoms with Crippen LogP contribution in [0.4, 0.5) is 0 Å². The molecule has 0 atom stereocenters. The molecule has 0 spiro atoms. The van der Waals surface area contributed by atoms with E-state index in [2.05, 4.69) is 35.6 Å². The zero-order chi connectivity index (χ0) is 9.84. The van der Waals surface area contributed by atoms with Crippen molar-refractivity contribution in [3.05, 3.63) is 32.9 Å². The molecule has 0 heterocycles. The number of methoxy groups -OCH3 is 2. The average molecular weight is 292 g/mol. The number of rotatable bonds is 3. The van der Waals surface area contributed by atoms with E-state index >= 15 is 0 Å². The quantitative estimate of drug-likeness (QED) is 0.630. The summed E-state index contributed by atoms with van der Waals surface area (Å²) in [6, 6.07) is 6.11. The van der Waals surface area contributed by atoms with Crippen LogP contribution in [0.25, 0.3) is 0 Å². The molecule has 0 N–H and O–H groups in total. The number of halogens is 1. The molecule has 3 heteroatoms. The molecule has 1 aromatic rings. The molecule has 1 aromatic carbocycles. The molecule has 0 aliphatic carbocycles. The molecule has 2 nitrogen and oxygen atoms in total. The van der Waals surface area contributed by atoms with Crippen molar-refractivity contribution >= 4 is 22.6 Å². The molecular weight excluding hydrogens is 279 g/mol. The van der Waals surface area contributed by atoms with Gasteiger partial charge in [-0.05, 0) is 35.1 Å². The van der Waals surface area contributed by atoms with Gasteiger partial charge in [-0.3, -0.25) is 0 Å². The van der Waals surface area contributed by atoms with Crippen LogP contribution in [-0.2, 0) is 9.47 Å². The van der Waals surface area contributed by atoms with Gasteiger partial charge in [0.2, 0.25) is 0 Å². The van der Waals surface area contributed by atoms with Gasteiger partial charge >= 0.3 is 0 Å². The van der Waals surface area contributed by atoms with Crippen LogP contribution < -0.4 is 0 Å². The van der Waals surface area contributed by atoms with Crippen LogP contribution in [-0.4, -0.2) is 14.2 Å². The van der Waals surface area contributed by atoms with Gasteiger partial charge < -0.3 is 9.47 Å². The third-order valence-corrected chi connectivity index (χ3v) is 3.38. The maximum atomic E-state index is 5.19. The maximum Gasteiger partial charge on any atom is 0.184 e. The van der Waals surface area contributed by atoms with Gasteiger partial charge in [-0.2, -0.15) is 0 Å². The predicted octanol–water partition coefficient (Wildman–Crippen LogP) is 2.89. The fraction of sp³-hybridized carbons (Fsp3) is 0.400. The molecule has 0 unspecified atom stereocenters. The van der Waals surface area contributed by atoms with Crippen molar-refractivity contribution < 1.29 is 9.47 Å². The number of benzene rings is 1. The van der Waals surface area contributed by atoms with Crippen LogP contribution in [0.5, 0.6) is 0 Å². The third kappa shape index (κ3) is 2.42. The van der Waals surface area contributed by atoms with Crippen LogP contribution in [0.15, 0.2) is 18.2 Å². The van der Waals surface area contributed by atoms with Gasteiger partial charge in [0.15, 0.2) is 6.29 Å². The van der Waals surface area contributed by atoms with Crippen molar-refractivity contribution in [3.8, 4) is 0 Å². The highest BCUT2D eigenvalue weighted by molar-refractivity contribution is 14.1. The molecule has 1 rings (SSSR count). The van der Waals surface area contributed by atoms with Crippen LogP contribution in [0.3, 0.4) is 0 Å². The molecule has 0 amide bonds. The van der Waals surface area contributed by atoms with Gasteiger partial charge in [-0.15, -0.1) is 0 Å². The summed E-state index contributed by atoms with van der Waals surface area (Å²) >= 11 is 2.31. The number of ether oxygens (including phenoxy) is 2. The van der Waals surface area contributed by atoms with E-state index in [0.29, 0.717) is 0 Å². The summed E-state index contributed by atoms with van der Waals surface area (Å²) in [5, 5.41) is 0. The minimum atomic E-state index is -0.258. The summed E-state index contributed by atoms with van der Waals surface area (Å²) in [6.45, 7) is 2.08. The molecule has 0 saturated heterocycles. The Morgan fingerprint density at radius 3 is 2.38 bits per heavy atom. The standard InChI is InChI=1S/C10H13IO2/c1-7-5-4-6-8(9(7)11)10(12-2)13-3/h4-6,10H,1-3H3. The minimum absolute atomic E-state index is 0.258. The lowest BCUT2D eigenvalue weighted by molar-refractivity contribution is -0.106. The van der Waals surface area contributed by atoms with Gasteiger partial charge in [0.1, 0.15) is 0 Å². The Balaban J connectivity index is 3.05. The van der Waals surface area contributed by atoms with Crippen molar-refractivity contribution in [1.29, 1.82) is 0 Å². The van der Waals surface area contributed by atoms with Gasteiger partial charge in [0, 0.05) is 23.4 Å². The van der Waals surface area contributed by atoms with E-state index in [4.69, 9.17) is 9.47 Å². The number of aryl methyl sites for hydroxylation is 1. The van der Waals surface area contributed by atoms with E-state index < -0.39 is 0 Å². The molecule has 0 bridgehead atoms. The molecule has 13 heavy (non-hydrogen) atoms. The lowest BCUT2D eigenvalue weighted by Gasteiger charge is -2.16. The summed E-state index contributed by atoms with van der Waals surface area (Å²) < 4.78 is 11.6. The monoisotopic (exact) mass is 292 g/mol. The average Bonchev–Trinajstić information content (AvgIpc) is 2.14. The fourth-order valence-corrected chi connectivity index (χ4v) is 1.82. The SMILES string of the molecule is COC(OC)c1cccc(C)c1I. The molecule has 72 valence electrons. The highest BCUT2D eigenvalue weighted by Crippen LogP contribution is 2.25. The van der Waals surface area contributed by atoms with E-state index in [0.717, 1.165) is 5.56 Å². The largest absolute Gasteiger partial charge is 0.352 e. The smallest absolute Gasteiger partial charge is 0.184 e. The molecule has 0 radical (unpaired) electrons. The van der Waals surface area contributed by atoms with Crippen molar-refractivity contribution in [1.82, 2.24) is 0 Å². The Bertz CT molecular complexity index is 282. The second-order valence-electron chi connectivity index (χ2n) is 2.78. The fourth-order valence-electron chi connectivity index (χ4n) is 1.20. The molecule has 0 fully saturated rings. The van der Waals surface area contributed by atoms with Crippen LogP contribution in [0.2, 0.25) is 0 Å². The molecule has 0 saturated carbocycles. The van der Waals surface area contributed by atoms with Gasteiger partial charge in [0.25, 0.3) is 0 Å². The Morgan fingerprint density at radius 2 is 1.85 bits per heavy atom. The first kappa shape index (κ1) is 10.9. The molecule has 0 aromatic heterocycles. The summed E-state index contributed by atoms with van der Waals surface area (Å²) in [7, 11) is 3.29. The minimum Gasteiger partial charge on any atom is -0.352 e. The summed E-state index contributed by atoms with van der Waals surface area (Å²) in [4.78, 5) is 0. The Labute approximate surface area is 92.4 Å². The van der Waals surface area contributed by atoms with Gasteiger partial charge in [-0.25, -0.2) is 0 Å². The third-order valence-electron chi connectivity index (χ3n) is 1.90. The summed E-state index contributed by atoms with van der Waals surface area (Å²) in [6.07, 6.45) is -0.258. The first-order valence-electron chi connectivity index (χ1n) is 4.01. The second kappa shape index (κ2) is 4.93. The second-order valence-corrected chi connectivity index (χ2v) is 3.86. The van der Waals surface area contributed by atoms with Crippen molar-refractivity contribution in [3.63, 3.8) is 0 Å².